The maximum absolute atomic E-state index is 2.46. The number of hydrogen-bond donors (Lipinski definition) is 0. The maximum Gasteiger partial charge on any atom is -0.0125 e. The zero-order chi connectivity index (χ0) is 14.0. The van der Waals surface area contributed by atoms with Gasteiger partial charge in [-0.1, -0.05) is 63.8 Å². The number of aryl methyl sites for hydroxylation is 1. The molecule has 1 aromatic carbocycles. The first kappa shape index (κ1) is 14.2. The maximum atomic E-state index is 2.46. The fourth-order valence-corrected chi connectivity index (χ4v) is 5.26. The second-order valence-corrected chi connectivity index (χ2v) is 7.16. The Morgan fingerprint density at radius 2 is 2.00 bits per heavy atom. The van der Waals surface area contributed by atoms with Crippen LogP contribution < -0.4 is 0 Å². The normalized spacial score (nSPS) is 32.5. The van der Waals surface area contributed by atoms with Crippen LogP contribution in [0, 0.1) is 11.3 Å². The van der Waals surface area contributed by atoms with Crippen LogP contribution in [0.1, 0.15) is 82.3 Å². The Bertz CT molecular complexity index is 447. The molecule has 0 amide bonds. The lowest BCUT2D eigenvalue weighted by atomic mass is 9.54. The van der Waals surface area contributed by atoms with Gasteiger partial charge in [-0.3, -0.25) is 0 Å². The minimum absolute atomic E-state index is 0.659. The number of hydrogen-bond acceptors (Lipinski definition) is 0. The molecule has 0 nitrogen and oxygen atoms in total. The highest BCUT2D eigenvalue weighted by Crippen LogP contribution is 2.57. The van der Waals surface area contributed by atoms with Crippen molar-refractivity contribution < 1.29 is 0 Å². The van der Waals surface area contributed by atoms with E-state index in [1.165, 1.54) is 57.8 Å². The summed E-state index contributed by atoms with van der Waals surface area (Å²) in [6.45, 7) is 4.80. The summed E-state index contributed by atoms with van der Waals surface area (Å²) in [5, 5.41) is 0. The van der Waals surface area contributed by atoms with Crippen LogP contribution in [0.15, 0.2) is 24.3 Å². The van der Waals surface area contributed by atoms with Crippen molar-refractivity contribution >= 4 is 0 Å². The van der Waals surface area contributed by atoms with Crippen molar-refractivity contribution in [1.82, 2.24) is 0 Å². The van der Waals surface area contributed by atoms with Crippen LogP contribution in [0.4, 0.5) is 0 Å². The number of rotatable bonds is 4. The SMILES string of the molecule is CCCCC1(CC)CCCC2c3ccccc3CCC21. The molecule has 0 saturated heterocycles. The van der Waals surface area contributed by atoms with Crippen LogP contribution in [0.5, 0.6) is 0 Å². The van der Waals surface area contributed by atoms with Gasteiger partial charge >= 0.3 is 0 Å². The molecule has 0 heterocycles. The summed E-state index contributed by atoms with van der Waals surface area (Å²) in [6.07, 6.45) is 12.8. The monoisotopic (exact) mass is 270 g/mol. The predicted octanol–water partition coefficient (Wildman–Crippen LogP) is 6.10. The molecule has 2 aliphatic rings. The summed E-state index contributed by atoms with van der Waals surface area (Å²) >= 11 is 0. The summed E-state index contributed by atoms with van der Waals surface area (Å²) < 4.78 is 0. The average molecular weight is 270 g/mol. The Labute approximate surface area is 125 Å². The zero-order valence-corrected chi connectivity index (χ0v) is 13.3. The van der Waals surface area contributed by atoms with Gasteiger partial charge in [0.15, 0.2) is 0 Å². The standard InChI is InChI=1S/C20H30/c1-3-5-14-20(4-2)15-8-11-18-17-10-7-6-9-16(17)12-13-19(18)20/h6-7,9-10,18-19H,3-5,8,11-15H2,1-2H3. The Hall–Kier alpha value is -0.780. The average Bonchev–Trinajstić information content (AvgIpc) is 2.52. The smallest absolute Gasteiger partial charge is 0.0125 e. The molecular weight excluding hydrogens is 240 g/mol. The second kappa shape index (κ2) is 5.92. The fourth-order valence-electron chi connectivity index (χ4n) is 5.26. The molecular formula is C20H30. The first-order chi connectivity index (χ1) is 9.80. The number of unbranched alkanes of at least 4 members (excludes halogenated alkanes) is 1. The predicted molar refractivity (Wildman–Crippen MR) is 87.1 cm³/mol. The third-order valence-corrected chi connectivity index (χ3v) is 6.37. The molecule has 2 aliphatic carbocycles. The molecule has 3 rings (SSSR count). The molecule has 0 aromatic heterocycles. The van der Waals surface area contributed by atoms with Crippen LogP contribution >= 0.6 is 0 Å². The van der Waals surface area contributed by atoms with Gasteiger partial charge in [0.05, 0.1) is 0 Å². The topological polar surface area (TPSA) is 0 Å². The summed E-state index contributed by atoms with van der Waals surface area (Å²) in [7, 11) is 0. The number of fused-ring (bicyclic) bond motifs is 3. The highest BCUT2D eigenvalue weighted by Gasteiger charge is 2.45. The van der Waals surface area contributed by atoms with Gasteiger partial charge in [-0.2, -0.15) is 0 Å². The zero-order valence-electron chi connectivity index (χ0n) is 13.3. The van der Waals surface area contributed by atoms with E-state index in [0.29, 0.717) is 5.41 Å². The van der Waals surface area contributed by atoms with Crippen molar-refractivity contribution in [2.75, 3.05) is 0 Å². The van der Waals surface area contributed by atoms with Crippen molar-refractivity contribution in [3.05, 3.63) is 35.4 Å². The Kier molecular flexibility index (Phi) is 4.19. The Morgan fingerprint density at radius 1 is 1.15 bits per heavy atom. The minimum Gasteiger partial charge on any atom is -0.0654 e. The van der Waals surface area contributed by atoms with Crippen molar-refractivity contribution in [2.45, 2.75) is 77.6 Å². The van der Waals surface area contributed by atoms with Crippen LogP contribution in [0.3, 0.4) is 0 Å². The largest absolute Gasteiger partial charge is 0.0654 e. The van der Waals surface area contributed by atoms with Gasteiger partial charge in [0.1, 0.15) is 0 Å². The van der Waals surface area contributed by atoms with E-state index >= 15 is 0 Å². The molecule has 0 spiro atoms. The van der Waals surface area contributed by atoms with E-state index in [4.69, 9.17) is 0 Å². The third kappa shape index (κ3) is 2.32. The first-order valence-corrected chi connectivity index (χ1v) is 8.88. The molecule has 0 bridgehead atoms. The summed E-state index contributed by atoms with van der Waals surface area (Å²) in [6, 6.07) is 9.29. The van der Waals surface area contributed by atoms with Gasteiger partial charge in [0.25, 0.3) is 0 Å². The first-order valence-electron chi connectivity index (χ1n) is 8.88. The third-order valence-electron chi connectivity index (χ3n) is 6.37. The van der Waals surface area contributed by atoms with Gasteiger partial charge in [-0.05, 0) is 60.5 Å². The van der Waals surface area contributed by atoms with Gasteiger partial charge < -0.3 is 0 Å². The summed E-state index contributed by atoms with van der Waals surface area (Å²) in [4.78, 5) is 0. The van der Waals surface area contributed by atoms with Crippen LogP contribution in [0.25, 0.3) is 0 Å². The molecule has 0 aliphatic heterocycles. The van der Waals surface area contributed by atoms with Crippen molar-refractivity contribution in [1.29, 1.82) is 0 Å². The molecule has 1 fully saturated rings. The van der Waals surface area contributed by atoms with E-state index in [2.05, 4.69) is 38.1 Å². The van der Waals surface area contributed by atoms with Crippen LogP contribution in [-0.4, -0.2) is 0 Å². The molecule has 1 saturated carbocycles. The Balaban J connectivity index is 1.91. The van der Waals surface area contributed by atoms with E-state index in [1.807, 2.05) is 0 Å². The van der Waals surface area contributed by atoms with E-state index in [0.717, 1.165) is 11.8 Å². The quantitative estimate of drug-likeness (QED) is 0.620. The molecule has 110 valence electrons. The van der Waals surface area contributed by atoms with Crippen molar-refractivity contribution in [3.63, 3.8) is 0 Å². The minimum atomic E-state index is 0.659. The molecule has 0 N–H and O–H groups in total. The van der Waals surface area contributed by atoms with Gasteiger partial charge in [-0.25, -0.2) is 0 Å². The van der Waals surface area contributed by atoms with E-state index in [1.54, 1.807) is 11.1 Å². The highest BCUT2D eigenvalue weighted by molar-refractivity contribution is 5.34. The second-order valence-electron chi connectivity index (χ2n) is 7.16. The van der Waals surface area contributed by atoms with E-state index < -0.39 is 0 Å². The van der Waals surface area contributed by atoms with Crippen molar-refractivity contribution in [2.24, 2.45) is 11.3 Å². The Morgan fingerprint density at radius 3 is 2.80 bits per heavy atom. The summed E-state index contributed by atoms with van der Waals surface area (Å²) in [5.41, 5.74) is 4.01. The molecule has 20 heavy (non-hydrogen) atoms. The lowest BCUT2D eigenvalue weighted by Crippen LogP contribution is -2.40. The van der Waals surface area contributed by atoms with Crippen LogP contribution in [-0.2, 0) is 6.42 Å². The van der Waals surface area contributed by atoms with E-state index in [9.17, 15) is 0 Å². The van der Waals surface area contributed by atoms with Gasteiger partial charge in [-0.15, -0.1) is 0 Å². The molecule has 3 atom stereocenters. The van der Waals surface area contributed by atoms with Crippen LogP contribution in [0.2, 0.25) is 0 Å². The molecule has 0 radical (unpaired) electrons. The highest BCUT2D eigenvalue weighted by atomic mass is 14.5. The number of benzene rings is 1. The van der Waals surface area contributed by atoms with E-state index in [-0.39, 0.29) is 0 Å². The fraction of sp³-hybridized carbons (Fsp3) is 0.700. The lowest BCUT2D eigenvalue weighted by Gasteiger charge is -2.51. The lowest BCUT2D eigenvalue weighted by molar-refractivity contribution is 0.0436. The van der Waals surface area contributed by atoms with Crippen molar-refractivity contribution in [3.8, 4) is 0 Å². The molecule has 1 aromatic rings. The van der Waals surface area contributed by atoms with Gasteiger partial charge in [0, 0.05) is 0 Å². The molecule has 0 heteroatoms. The summed E-state index contributed by atoms with van der Waals surface area (Å²) in [5.74, 6) is 1.83. The molecule has 3 unspecified atom stereocenters. The van der Waals surface area contributed by atoms with Gasteiger partial charge in [0.2, 0.25) is 0 Å².